The first-order chi connectivity index (χ1) is 20.9. The van der Waals surface area contributed by atoms with Gasteiger partial charge in [-0.15, -0.1) is 0 Å². The lowest BCUT2D eigenvalue weighted by Crippen LogP contribution is -2.47. The van der Waals surface area contributed by atoms with Crippen LogP contribution in [0.2, 0.25) is 0 Å². The maximum Gasteiger partial charge on any atom is 0.349 e. The van der Waals surface area contributed by atoms with Crippen molar-refractivity contribution in [1.82, 2.24) is 10.3 Å². The van der Waals surface area contributed by atoms with Crippen molar-refractivity contribution < 1.29 is 57.2 Å². The van der Waals surface area contributed by atoms with Crippen molar-refractivity contribution in [3.8, 4) is 11.5 Å². The smallest absolute Gasteiger partial charge is 0.349 e. The molecule has 2 unspecified atom stereocenters. The first kappa shape index (κ1) is 33.5. The van der Waals surface area contributed by atoms with Crippen LogP contribution in [-0.2, 0) is 49.3 Å². The molecule has 236 valence electrons. The van der Waals surface area contributed by atoms with Gasteiger partial charge in [0.25, 0.3) is 5.91 Å². The lowest BCUT2D eigenvalue weighted by molar-refractivity contribution is -0.176. The van der Waals surface area contributed by atoms with Crippen LogP contribution < -0.4 is 14.8 Å². The third kappa shape index (κ3) is 8.99. The van der Waals surface area contributed by atoms with E-state index < -0.39 is 90.5 Å². The number of hydrogen-bond acceptors (Lipinski definition) is 13. The summed E-state index contributed by atoms with van der Waals surface area (Å²) in [4.78, 5) is 79.7. The number of aromatic nitrogens is 1. The molecule has 1 N–H and O–H groups in total. The quantitative estimate of drug-likeness (QED) is 0.301. The molecule has 4 atom stereocenters. The van der Waals surface area contributed by atoms with Crippen LogP contribution in [0.1, 0.15) is 43.7 Å². The Morgan fingerprint density at radius 3 is 2.41 bits per heavy atom. The van der Waals surface area contributed by atoms with Crippen LogP contribution in [-0.4, -0.2) is 79.3 Å². The Kier molecular flexibility index (Phi) is 11.8. The molecule has 1 saturated heterocycles. The molecule has 1 aromatic heterocycles. The molecule has 14 nitrogen and oxygen atoms in total. The number of esters is 5. The number of carbonyl (C=O) groups is 6. The van der Waals surface area contributed by atoms with Gasteiger partial charge in [0, 0.05) is 19.2 Å². The molecule has 14 heteroatoms. The summed E-state index contributed by atoms with van der Waals surface area (Å²) in [6.45, 7) is 4.44. The number of pyridine rings is 1. The fourth-order valence-electron chi connectivity index (χ4n) is 4.13. The fraction of sp³-hybridized carbons (Fsp3) is 0.433. The van der Waals surface area contributed by atoms with Gasteiger partial charge in [-0.1, -0.05) is 44.2 Å². The van der Waals surface area contributed by atoms with Crippen LogP contribution in [0.25, 0.3) is 0 Å². The maximum absolute atomic E-state index is 13.4. The van der Waals surface area contributed by atoms with Crippen LogP contribution >= 0.6 is 0 Å². The molecule has 0 aliphatic carbocycles. The second-order valence-electron chi connectivity index (χ2n) is 10.1. The predicted octanol–water partition coefficient (Wildman–Crippen LogP) is 1.57. The Morgan fingerprint density at radius 1 is 1.07 bits per heavy atom. The predicted molar refractivity (Wildman–Crippen MR) is 149 cm³/mol. The summed E-state index contributed by atoms with van der Waals surface area (Å²) in [6.07, 6.45) is -0.997. The van der Waals surface area contributed by atoms with E-state index in [1.54, 1.807) is 38.1 Å². The molecule has 44 heavy (non-hydrogen) atoms. The van der Waals surface area contributed by atoms with Gasteiger partial charge < -0.3 is 33.7 Å². The van der Waals surface area contributed by atoms with Crippen LogP contribution in [0.5, 0.6) is 11.5 Å². The van der Waals surface area contributed by atoms with Gasteiger partial charge in [-0.25, -0.2) is 14.6 Å². The summed E-state index contributed by atoms with van der Waals surface area (Å²) in [5, 5.41) is 2.38. The molecule has 2 heterocycles. The Balaban J connectivity index is 1.87. The second-order valence-corrected chi connectivity index (χ2v) is 10.1. The molecular formula is C30H34N2O12. The second kappa shape index (κ2) is 15.5. The normalized spacial score (nSPS) is 20.1. The number of benzene rings is 1. The molecule has 1 aliphatic rings. The zero-order chi connectivity index (χ0) is 32.4. The highest BCUT2D eigenvalue weighted by Gasteiger charge is 2.42. The molecule has 1 aliphatic heterocycles. The topological polar surface area (TPSA) is 183 Å². The maximum atomic E-state index is 13.4. The number of nitrogens with zero attached hydrogens (tertiary/aromatic N) is 1. The minimum atomic E-state index is -1.52. The molecule has 1 aromatic carbocycles. The van der Waals surface area contributed by atoms with Gasteiger partial charge in [-0.2, -0.15) is 0 Å². The molecule has 0 spiro atoms. The summed E-state index contributed by atoms with van der Waals surface area (Å²) >= 11 is 0. The Labute approximate surface area is 253 Å². The standard InChI is InChI=1S/C30H34N2O12/c1-16(2)28(36)44-25-17(3)42-30(38)21(14-41-29(37)20(25)13-19-9-7-6-8-10-19)32-27(35)24-26(22(39-5)11-12-31-24)43-23(34)15-40-18(4)33/h6-12,16-17,20-21,25H,13-15H2,1-5H3,(H,32,35)/t17-,20+,21?,25?/m0/s1. The monoisotopic (exact) mass is 614 g/mol. The van der Waals surface area contributed by atoms with Gasteiger partial charge in [0.05, 0.1) is 13.0 Å². The number of carbonyl (C=O) groups excluding carboxylic acids is 6. The zero-order valence-electron chi connectivity index (χ0n) is 24.9. The number of ether oxygens (including phenoxy) is 6. The van der Waals surface area contributed by atoms with Crippen molar-refractivity contribution >= 4 is 35.8 Å². The van der Waals surface area contributed by atoms with Crippen molar-refractivity contribution in [2.45, 2.75) is 52.4 Å². The number of rotatable bonds is 10. The molecule has 1 amide bonds. The zero-order valence-corrected chi connectivity index (χ0v) is 24.9. The number of hydrogen-bond donors (Lipinski definition) is 1. The lowest BCUT2D eigenvalue weighted by atomic mass is 9.91. The summed E-state index contributed by atoms with van der Waals surface area (Å²) in [7, 11) is 1.26. The highest BCUT2D eigenvalue weighted by atomic mass is 16.6. The molecule has 0 bridgehead atoms. The minimum absolute atomic E-state index is 0.0584. The fourth-order valence-corrected chi connectivity index (χ4v) is 4.13. The summed E-state index contributed by atoms with van der Waals surface area (Å²) < 4.78 is 31.7. The highest BCUT2D eigenvalue weighted by Crippen LogP contribution is 2.30. The highest BCUT2D eigenvalue weighted by molar-refractivity contribution is 5.99. The van der Waals surface area contributed by atoms with Gasteiger partial charge >= 0.3 is 29.8 Å². The van der Waals surface area contributed by atoms with Crippen LogP contribution in [0.3, 0.4) is 0 Å². The van der Waals surface area contributed by atoms with E-state index in [0.29, 0.717) is 0 Å². The van der Waals surface area contributed by atoms with E-state index in [2.05, 4.69) is 15.0 Å². The van der Waals surface area contributed by atoms with Crippen LogP contribution in [0.4, 0.5) is 0 Å². The van der Waals surface area contributed by atoms with Crippen molar-refractivity contribution in [3.05, 3.63) is 53.9 Å². The van der Waals surface area contributed by atoms with E-state index in [4.69, 9.17) is 23.7 Å². The summed E-state index contributed by atoms with van der Waals surface area (Å²) in [5.41, 5.74) is 0.292. The SMILES string of the molecule is COc1ccnc(C(=O)NC2COC(=O)[C@H](Cc3ccccc3)C(OC(=O)C(C)C)[C@H](C)OC2=O)c1OC(=O)COC(C)=O. The largest absolute Gasteiger partial charge is 0.493 e. The van der Waals surface area contributed by atoms with Crippen molar-refractivity contribution in [1.29, 1.82) is 0 Å². The number of methoxy groups -OCH3 is 1. The first-order valence-electron chi connectivity index (χ1n) is 13.7. The van der Waals surface area contributed by atoms with Gasteiger partial charge in [0.15, 0.2) is 30.2 Å². The third-order valence-corrected chi connectivity index (χ3v) is 6.38. The summed E-state index contributed by atoms with van der Waals surface area (Å²) in [5.74, 6) is -7.17. The van der Waals surface area contributed by atoms with E-state index >= 15 is 0 Å². The number of nitrogens with one attached hydrogen (secondary N) is 1. The number of cyclic esters (lactones) is 2. The van der Waals surface area contributed by atoms with Gasteiger partial charge in [0.1, 0.15) is 18.6 Å². The molecule has 3 rings (SSSR count). The van der Waals surface area contributed by atoms with Gasteiger partial charge in [-0.05, 0) is 18.9 Å². The number of amides is 1. The first-order valence-corrected chi connectivity index (χ1v) is 13.7. The Hall–Kier alpha value is -5.01. The average Bonchev–Trinajstić information content (AvgIpc) is 3.02. The van der Waals surface area contributed by atoms with Crippen molar-refractivity contribution in [2.75, 3.05) is 20.3 Å². The van der Waals surface area contributed by atoms with E-state index in [-0.39, 0.29) is 12.2 Å². The average molecular weight is 615 g/mol. The van der Waals surface area contributed by atoms with E-state index in [0.717, 1.165) is 12.5 Å². The van der Waals surface area contributed by atoms with Crippen LogP contribution in [0.15, 0.2) is 42.6 Å². The van der Waals surface area contributed by atoms with E-state index in [1.165, 1.54) is 26.3 Å². The van der Waals surface area contributed by atoms with Crippen molar-refractivity contribution in [2.24, 2.45) is 11.8 Å². The van der Waals surface area contributed by atoms with Gasteiger partial charge in [0.2, 0.25) is 5.75 Å². The van der Waals surface area contributed by atoms with E-state index in [1.807, 2.05) is 6.07 Å². The van der Waals surface area contributed by atoms with Crippen LogP contribution in [0, 0.1) is 11.8 Å². The lowest BCUT2D eigenvalue weighted by Gasteiger charge is -2.29. The van der Waals surface area contributed by atoms with Gasteiger partial charge in [-0.3, -0.25) is 19.2 Å². The molecule has 0 radical (unpaired) electrons. The summed E-state index contributed by atoms with van der Waals surface area (Å²) in [6, 6.07) is 8.75. The Bertz CT molecular complexity index is 1380. The molecule has 0 saturated carbocycles. The Morgan fingerprint density at radius 2 is 1.77 bits per heavy atom. The third-order valence-electron chi connectivity index (χ3n) is 6.38. The minimum Gasteiger partial charge on any atom is -0.493 e. The van der Waals surface area contributed by atoms with E-state index in [9.17, 15) is 28.8 Å². The molecule has 2 aromatic rings. The molecule has 1 fully saturated rings. The molecular weight excluding hydrogens is 580 g/mol. The van der Waals surface area contributed by atoms with Crippen molar-refractivity contribution in [3.63, 3.8) is 0 Å².